The van der Waals surface area contributed by atoms with Crippen molar-refractivity contribution < 1.29 is 4.74 Å². The summed E-state index contributed by atoms with van der Waals surface area (Å²) in [5.74, 6) is 0.957. The Morgan fingerprint density at radius 3 is 2.42 bits per heavy atom. The maximum absolute atomic E-state index is 6.20. The number of rotatable bonds is 3. The lowest BCUT2D eigenvalue weighted by Gasteiger charge is -2.14. The zero-order valence-corrected chi connectivity index (χ0v) is 13.6. The number of halogens is 2. The van der Waals surface area contributed by atoms with E-state index >= 15 is 0 Å². The zero-order chi connectivity index (χ0) is 14.0. The Morgan fingerprint density at radius 2 is 1.74 bits per heavy atom. The van der Waals surface area contributed by atoms with Crippen molar-refractivity contribution in [2.75, 3.05) is 0 Å². The third kappa shape index (κ3) is 3.31. The molecule has 0 fully saturated rings. The third-order valence-electron chi connectivity index (χ3n) is 3.26. The molecule has 2 aromatic carbocycles. The van der Waals surface area contributed by atoms with E-state index in [1.807, 2.05) is 18.2 Å². The van der Waals surface area contributed by atoms with Crippen LogP contribution in [0.15, 0.2) is 34.8 Å². The molecule has 0 heterocycles. The van der Waals surface area contributed by atoms with E-state index in [9.17, 15) is 0 Å². The highest BCUT2D eigenvalue weighted by molar-refractivity contribution is 9.10. The molecule has 0 spiro atoms. The van der Waals surface area contributed by atoms with Crippen molar-refractivity contribution >= 4 is 27.5 Å². The normalized spacial score (nSPS) is 10.6. The minimum atomic E-state index is 0.483. The monoisotopic (exact) mass is 338 g/mol. The van der Waals surface area contributed by atoms with E-state index in [0.29, 0.717) is 6.61 Å². The van der Waals surface area contributed by atoms with Crippen molar-refractivity contribution in [2.24, 2.45) is 0 Å². The molecule has 0 bridgehead atoms. The second-order valence-corrected chi connectivity index (χ2v) is 6.00. The molecule has 0 radical (unpaired) electrons. The standard InChI is InChI=1S/C16H16BrClO/c1-10-4-5-11(2)16(12(10)3)19-9-13-6-7-14(17)8-15(13)18/h4-8H,9H2,1-3H3. The average molecular weight is 340 g/mol. The smallest absolute Gasteiger partial charge is 0.125 e. The highest BCUT2D eigenvalue weighted by Crippen LogP contribution is 2.28. The van der Waals surface area contributed by atoms with Gasteiger partial charge in [-0.2, -0.15) is 0 Å². The summed E-state index contributed by atoms with van der Waals surface area (Å²) in [6, 6.07) is 10.0. The summed E-state index contributed by atoms with van der Waals surface area (Å²) in [6.07, 6.45) is 0. The average Bonchev–Trinajstić information content (AvgIpc) is 2.36. The van der Waals surface area contributed by atoms with Gasteiger partial charge in [0.25, 0.3) is 0 Å². The van der Waals surface area contributed by atoms with Gasteiger partial charge < -0.3 is 4.74 Å². The number of hydrogen-bond donors (Lipinski definition) is 0. The van der Waals surface area contributed by atoms with Crippen LogP contribution in [0.1, 0.15) is 22.3 Å². The predicted octanol–water partition coefficient (Wildman–Crippen LogP) is 5.61. The molecule has 2 aromatic rings. The first-order chi connectivity index (χ1) is 8.99. The van der Waals surface area contributed by atoms with Crippen LogP contribution in [-0.4, -0.2) is 0 Å². The SMILES string of the molecule is Cc1ccc(C)c(OCc2ccc(Br)cc2Cl)c1C. The van der Waals surface area contributed by atoms with Gasteiger partial charge in [-0.15, -0.1) is 0 Å². The van der Waals surface area contributed by atoms with Crippen LogP contribution < -0.4 is 4.74 Å². The van der Waals surface area contributed by atoms with Crippen LogP contribution in [0.2, 0.25) is 5.02 Å². The number of hydrogen-bond acceptors (Lipinski definition) is 1. The van der Waals surface area contributed by atoms with Gasteiger partial charge in [0.05, 0.1) is 0 Å². The van der Waals surface area contributed by atoms with Crippen LogP contribution in [0.3, 0.4) is 0 Å². The van der Waals surface area contributed by atoms with Crippen molar-refractivity contribution in [3.8, 4) is 5.75 Å². The molecular formula is C16H16BrClO. The Labute approximate surface area is 127 Å². The van der Waals surface area contributed by atoms with Crippen molar-refractivity contribution in [3.63, 3.8) is 0 Å². The molecule has 0 atom stereocenters. The van der Waals surface area contributed by atoms with Gasteiger partial charge in [-0.05, 0) is 49.6 Å². The van der Waals surface area contributed by atoms with Crippen LogP contribution in [0, 0.1) is 20.8 Å². The van der Waals surface area contributed by atoms with Gasteiger partial charge in [0.15, 0.2) is 0 Å². The van der Waals surface area contributed by atoms with E-state index in [4.69, 9.17) is 16.3 Å². The molecule has 0 aliphatic rings. The summed E-state index contributed by atoms with van der Waals surface area (Å²) >= 11 is 9.60. The third-order valence-corrected chi connectivity index (χ3v) is 4.11. The molecule has 0 amide bonds. The quantitative estimate of drug-likeness (QED) is 0.706. The van der Waals surface area contributed by atoms with Crippen LogP contribution in [-0.2, 0) is 6.61 Å². The molecular weight excluding hydrogens is 324 g/mol. The van der Waals surface area contributed by atoms with Gasteiger partial charge in [-0.3, -0.25) is 0 Å². The molecule has 0 aliphatic heterocycles. The second kappa shape index (κ2) is 5.98. The predicted molar refractivity (Wildman–Crippen MR) is 84.1 cm³/mol. The Balaban J connectivity index is 2.21. The summed E-state index contributed by atoms with van der Waals surface area (Å²) in [5, 5.41) is 0.720. The van der Waals surface area contributed by atoms with Crippen molar-refractivity contribution in [1.29, 1.82) is 0 Å². The molecule has 0 saturated carbocycles. The minimum absolute atomic E-state index is 0.483. The summed E-state index contributed by atoms with van der Waals surface area (Å²) in [5.41, 5.74) is 4.57. The molecule has 1 nitrogen and oxygen atoms in total. The maximum atomic E-state index is 6.20. The van der Waals surface area contributed by atoms with Gasteiger partial charge >= 0.3 is 0 Å². The first-order valence-electron chi connectivity index (χ1n) is 6.12. The lowest BCUT2D eigenvalue weighted by Crippen LogP contribution is -2.00. The van der Waals surface area contributed by atoms with Gasteiger partial charge in [0, 0.05) is 15.1 Å². The van der Waals surface area contributed by atoms with E-state index in [-0.39, 0.29) is 0 Å². The fourth-order valence-corrected chi connectivity index (χ4v) is 2.66. The Hall–Kier alpha value is -0.990. The van der Waals surface area contributed by atoms with E-state index in [1.165, 1.54) is 11.1 Å². The summed E-state index contributed by atoms with van der Waals surface area (Å²) < 4.78 is 6.93. The van der Waals surface area contributed by atoms with Crippen molar-refractivity contribution in [3.05, 3.63) is 62.1 Å². The van der Waals surface area contributed by atoms with Crippen molar-refractivity contribution in [2.45, 2.75) is 27.4 Å². The molecule has 0 aliphatic carbocycles. The number of ether oxygens (including phenoxy) is 1. The second-order valence-electron chi connectivity index (χ2n) is 4.68. The van der Waals surface area contributed by atoms with Gasteiger partial charge in [-0.25, -0.2) is 0 Å². The van der Waals surface area contributed by atoms with Crippen LogP contribution in [0.5, 0.6) is 5.75 Å². The van der Waals surface area contributed by atoms with E-state index in [2.05, 4.69) is 48.8 Å². The maximum Gasteiger partial charge on any atom is 0.125 e. The number of aryl methyl sites for hydroxylation is 2. The summed E-state index contributed by atoms with van der Waals surface area (Å²) in [6.45, 7) is 6.72. The molecule has 0 N–H and O–H groups in total. The van der Waals surface area contributed by atoms with E-state index < -0.39 is 0 Å². The molecule has 19 heavy (non-hydrogen) atoms. The zero-order valence-electron chi connectivity index (χ0n) is 11.3. The summed E-state index contributed by atoms with van der Waals surface area (Å²) in [7, 11) is 0. The van der Waals surface area contributed by atoms with E-state index in [1.54, 1.807) is 0 Å². The van der Waals surface area contributed by atoms with Crippen LogP contribution >= 0.6 is 27.5 Å². The van der Waals surface area contributed by atoms with Crippen LogP contribution in [0.4, 0.5) is 0 Å². The molecule has 0 unspecified atom stereocenters. The summed E-state index contributed by atoms with van der Waals surface area (Å²) in [4.78, 5) is 0. The van der Waals surface area contributed by atoms with Crippen LogP contribution in [0.25, 0.3) is 0 Å². The molecule has 0 aromatic heterocycles. The highest BCUT2D eigenvalue weighted by atomic mass is 79.9. The Morgan fingerprint density at radius 1 is 1.05 bits per heavy atom. The Bertz CT molecular complexity index is 608. The topological polar surface area (TPSA) is 9.23 Å². The molecule has 3 heteroatoms. The first-order valence-corrected chi connectivity index (χ1v) is 7.29. The van der Waals surface area contributed by atoms with Crippen molar-refractivity contribution in [1.82, 2.24) is 0 Å². The fraction of sp³-hybridized carbons (Fsp3) is 0.250. The lowest BCUT2D eigenvalue weighted by molar-refractivity contribution is 0.302. The molecule has 100 valence electrons. The Kier molecular flexibility index (Phi) is 4.54. The minimum Gasteiger partial charge on any atom is -0.488 e. The van der Waals surface area contributed by atoms with Gasteiger partial charge in [0.1, 0.15) is 12.4 Å². The highest BCUT2D eigenvalue weighted by Gasteiger charge is 2.08. The largest absolute Gasteiger partial charge is 0.488 e. The van der Waals surface area contributed by atoms with Gasteiger partial charge in [0.2, 0.25) is 0 Å². The first kappa shape index (κ1) is 14.4. The number of benzene rings is 2. The van der Waals surface area contributed by atoms with E-state index in [0.717, 1.165) is 26.4 Å². The van der Waals surface area contributed by atoms with Gasteiger partial charge in [-0.1, -0.05) is 45.7 Å². The fourth-order valence-electron chi connectivity index (χ4n) is 1.94. The molecule has 2 rings (SSSR count). The lowest BCUT2D eigenvalue weighted by atomic mass is 10.1. The molecule has 0 saturated heterocycles.